The second-order valence-corrected chi connectivity index (χ2v) is 11.6. The smallest absolute Gasteiger partial charge is 0.387 e. The minimum Gasteiger partial charge on any atom is -0.439 e. The molecule has 3 unspecified atom stereocenters. The van der Waals surface area contributed by atoms with Gasteiger partial charge in [0.1, 0.15) is 11.6 Å². The van der Waals surface area contributed by atoms with E-state index in [1.165, 1.54) is 18.2 Å². The highest BCUT2D eigenvalue weighted by atomic mass is 35.5. The molecule has 2 aromatic rings. The van der Waals surface area contributed by atoms with Crippen molar-refractivity contribution in [2.24, 2.45) is 23.7 Å². The van der Waals surface area contributed by atoms with Crippen LogP contribution in [0.25, 0.3) is 0 Å². The summed E-state index contributed by atoms with van der Waals surface area (Å²) in [5, 5.41) is 11.5. The number of aromatic nitrogens is 4. The van der Waals surface area contributed by atoms with Gasteiger partial charge in [0.05, 0.1) is 12.2 Å². The van der Waals surface area contributed by atoms with Gasteiger partial charge in [-0.1, -0.05) is 36.4 Å². The number of fused-ring (bicyclic) bond motifs is 1. The first kappa shape index (κ1) is 28.9. The maximum Gasteiger partial charge on any atom is 0.387 e. The number of nitrogens with one attached hydrogen (secondary N) is 1. The molecular weight excluding hydrogens is 554 g/mol. The summed E-state index contributed by atoms with van der Waals surface area (Å²) in [5.41, 5.74) is 2.07. The van der Waals surface area contributed by atoms with Crippen molar-refractivity contribution in [2.75, 3.05) is 11.4 Å². The number of carbonyl (C=O) groups excluding carboxylic acids is 2. The van der Waals surface area contributed by atoms with Gasteiger partial charge in [-0.3, -0.25) is 14.5 Å². The Bertz CT molecular complexity index is 1400. The number of aryl methyl sites for hydroxylation is 1. The molecule has 2 saturated carbocycles. The molecule has 0 radical (unpaired) electrons. The third-order valence-corrected chi connectivity index (χ3v) is 8.71. The predicted molar refractivity (Wildman–Crippen MR) is 149 cm³/mol. The molecule has 5 rings (SSSR count). The number of rotatable bonds is 11. The Morgan fingerprint density at radius 2 is 2.10 bits per heavy atom. The van der Waals surface area contributed by atoms with E-state index >= 15 is 0 Å². The van der Waals surface area contributed by atoms with E-state index in [-0.39, 0.29) is 47.2 Å². The Morgan fingerprint density at radius 3 is 2.73 bits per heavy atom. The lowest BCUT2D eigenvalue weighted by Gasteiger charge is -2.36. The lowest BCUT2D eigenvalue weighted by Crippen LogP contribution is -2.44. The molecule has 9 nitrogen and oxygen atoms in total. The molecule has 3 fully saturated rings. The Labute approximate surface area is 242 Å². The Morgan fingerprint density at radius 1 is 1.34 bits per heavy atom. The largest absolute Gasteiger partial charge is 0.439 e. The molecule has 2 aliphatic carbocycles. The SMILES string of the molecule is C=C/C(Cl)=C\C=C(/C[C@H]1C[C@@H](NC(=O)c2cn(C(C)c3cnc(N4CC5C(C4=O)[C@@H]5C)cc3C)nn2)C1)OC(F)F. The Hall–Kier alpha value is -3.60. The highest BCUT2D eigenvalue weighted by Gasteiger charge is 2.59. The monoisotopic (exact) mass is 586 g/mol. The summed E-state index contributed by atoms with van der Waals surface area (Å²) in [5.74, 6) is 1.73. The first-order valence-corrected chi connectivity index (χ1v) is 14.1. The molecular formula is C29H33ClF2N6O3. The Kier molecular flexibility index (Phi) is 8.26. The van der Waals surface area contributed by atoms with Crippen molar-refractivity contribution >= 4 is 29.2 Å². The molecule has 0 spiro atoms. The second kappa shape index (κ2) is 11.7. The normalized spacial score (nSPS) is 26.5. The van der Waals surface area contributed by atoms with E-state index in [4.69, 9.17) is 11.6 Å². The molecule has 2 aromatic heterocycles. The number of hydrogen-bond donors (Lipinski definition) is 1. The van der Waals surface area contributed by atoms with E-state index in [9.17, 15) is 18.4 Å². The molecule has 1 N–H and O–H groups in total. The van der Waals surface area contributed by atoms with Crippen LogP contribution in [0.15, 0.2) is 54.1 Å². The van der Waals surface area contributed by atoms with E-state index < -0.39 is 6.61 Å². The molecule has 4 atom stereocenters. The maximum absolute atomic E-state index is 12.8. The fourth-order valence-electron chi connectivity index (χ4n) is 5.84. The number of amides is 2. The molecule has 0 bridgehead atoms. The zero-order valence-electron chi connectivity index (χ0n) is 23.1. The number of alkyl halides is 2. The topological polar surface area (TPSA) is 102 Å². The quantitative estimate of drug-likeness (QED) is 0.289. The van der Waals surface area contributed by atoms with Crippen molar-refractivity contribution in [3.63, 3.8) is 0 Å². The number of carbonyl (C=O) groups is 2. The number of anilines is 1. The second-order valence-electron chi connectivity index (χ2n) is 11.1. The van der Waals surface area contributed by atoms with Gasteiger partial charge in [-0.05, 0) is 73.8 Å². The van der Waals surface area contributed by atoms with Crippen LogP contribution >= 0.6 is 11.6 Å². The number of halogens is 3. The van der Waals surface area contributed by atoms with Crippen LogP contribution in [0.2, 0.25) is 0 Å². The van der Waals surface area contributed by atoms with Gasteiger partial charge >= 0.3 is 6.61 Å². The van der Waals surface area contributed by atoms with Crippen molar-refractivity contribution < 1.29 is 23.1 Å². The van der Waals surface area contributed by atoms with Gasteiger partial charge in [0.2, 0.25) is 5.91 Å². The fraction of sp³-hybridized carbons (Fsp3) is 0.483. The van der Waals surface area contributed by atoms with E-state index in [0.717, 1.165) is 17.7 Å². The predicted octanol–water partition coefficient (Wildman–Crippen LogP) is 5.15. The minimum atomic E-state index is -2.93. The van der Waals surface area contributed by atoms with Crippen LogP contribution in [0.1, 0.15) is 60.8 Å². The molecule has 0 aromatic carbocycles. The first-order chi connectivity index (χ1) is 19.5. The number of allylic oxidation sites excluding steroid dienone is 5. The number of pyridine rings is 1. The standard InChI is InChI=1S/C29H33ClF2N6O3/c1-5-19(30)6-7-21(41-29(31)32)11-18-9-20(10-18)34-27(39)24-14-38(36-35-24)17(4)22-12-33-25(8-15(22)2)37-13-23-16(3)26(23)28(37)40/h5-8,12,14,16-18,20,23,26,29H,1,9-11,13H2,2-4H3,(H,34,39)/b19-6+,21-7+/t16-,17?,18-,20+,23?,26?/m1/s1. The van der Waals surface area contributed by atoms with Crippen LogP contribution in [0.5, 0.6) is 0 Å². The third kappa shape index (κ3) is 6.19. The summed E-state index contributed by atoms with van der Waals surface area (Å²) in [7, 11) is 0. The van der Waals surface area contributed by atoms with Gasteiger partial charge in [-0.2, -0.15) is 8.78 Å². The van der Waals surface area contributed by atoms with Gasteiger partial charge < -0.3 is 10.1 Å². The summed E-state index contributed by atoms with van der Waals surface area (Å²) in [4.78, 5) is 31.8. The lowest BCUT2D eigenvalue weighted by molar-refractivity contribution is -0.119. The minimum absolute atomic E-state index is 0.0837. The van der Waals surface area contributed by atoms with Gasteiger partial charge in [0.15, 0.2) is 5.69 Å². The average Bonchev–Trinajstić information content (AvgIpc) is 3.23. The number of ether oxygens (including phenoxy) is 1. The maximum atomic E-state index is 12.8. The Balaban J connectivity index is 1.14. The molecule has 3 heterocycles. The number of hydrogen-bond acceptors (Lipinski definition) is 6. The van der Waals surface area contributed by atoms with Crippen molar-refractivity contribution in [3.05, 3.63) is 70.9 Å². The summed E-state index contributed by atoms with van der Waals surface area (Å²) < 4.78 is 31.8. The molecule has 3 aliphatic rings. The first-order valence-electron chi connectivity index (χ1n) is 13.7. The van der Waals surface area contributed by atoms with Gasteiger partial charge in [0.25, 0.3) is 5.91 Å². The summed E-state index contributed by atoms with van der Waals surface area (Å²) in [6.07, 6.45) is 9.17. The fourth-order valence-corrected chi connectivity index (χ4v) is 5.91. The number of piperidine rings is 1. The van der Waals surface area contributed by atoms with Crippen molar-refractivity contribution in [1.29, 1.82) is 0 Å². The molecule has 218 valence electrons. The van der Waals surface area contributed by atoms with E-state index in [1.54, 1.807) is 22.0 Å². The van der Waals surface area contributed by atoms with Crippen molar-refractivity contribution in [1.82, 2.24) is 25.3 Å². The van der Waals surface area contributed by atoms with Crippen LogP contribution in [-0.2, 0) is 9.53 Å². The van der Waals surface area contributed by atoms with Crippen molar-refractivity contribution in [2.45, 2.75) is 58.7 Å². The van der Waals surface area contributed by atoms with E-state index in [0.29, 0.717) is 41.9 Å². The highest BCUT2D eigenvalue weighted by Crippen LogP contribution is 2.52. The van der Waals surface area contributed by atoms with E-state index in [1.807, 2.05) is 19.9 Å². The van der Waals surface area contributed by atoms with Gasteiger partial charge in [-0.25, -0.2) is 9.67 Å². The summed E-state index contributed by atoms with van der Waals surface area (Å²) in [6.45, 7) is 7.34. The van der Waals surface area contributed by atoms with Crippen LogP contribution in [0, 0.1) is 30.6 Å². The van der Waals surface area contributed by atoms with Crippen LogP contribution in [0.4, 0.5) is 14.6 Å². The van der Waals surface area contributed by atoms with Crippen LogP contribution in [0.3, 0.4) is 0 Å². The molecule has 12 heteroatoms. The van der Waals surface area contributed by atoms with E-state index in [2.05, 4.69) is 38.9 Å². The zero-order chi connectivity index (χ0) is 29.4. The lowest BCUT2D eigenvalue weighted by atomic mass is 9.77. The highest BCUT2D eigenvalue weighted by molar-refractivity contribution is 6.31. The van der Waals surface area contributed by atoms with Crippen LogP contribution < -0.4 is 10.2 Å². The van der Waals surface area contributed by atoms with Gasteiger partial charge in [0, 0.05) is 36.2 Å². The van der Waals surface area contributed by atoms with Crippen molar-refractivity contribution in [3.8, 4) is 0 Å². The molecule has 2 amide bonds. The number of nitrogens with zero attached hydrogens (tertiary/aromatic N) is 5. The molecule has 1 aliphatic heterocycles. The van der Waals surface area contributed by atoms with Gasteiger partial charge in [-0.15, -0.1) is 5.10 Å². The molecule has 1 saturated heterocycles. The average molecular weight is 587 g/mol. The molecule has 41 heavy (non-hydrogen) atoms. The third-order valence-electron chi connectivity index (χ3n) is 8.43. The van der Waals surface area contributed by atoms with Crippen LogP contribution in [-0.4, -0.2) is 51.0 Å². The summed E-state index contributed by atoms with van der Waals surface area (Å²) >= 11 is 5.86. The summed E-state index contributed by atoms with van der Waals surface area (Å²) in [6, 6.07) is 1.59. The zero-order valence-corrected chi connectivity index (χ0v) is 23.9.